The molecule has 1 aromatic carbocycles. The Labute approximate surface area is 199 Å². The van der Waals surface area contributed by atoms with Gasteiger partial charge < -0.3 is 14.7 Å². The molecule has 0 unspecified atom stereocenters. The van der Waals surface area contributed by atoms with Crippen LogP contribution >= 0.6 is 0 Å². The molecule has 6 nitrogen and oxygen atoms in total. The second-order valence-corrected chi connectivity index (χ2v) is 9.92. The Balaban J connectivity index is 1.63. The second kappa shape index (κ2) is 13.0. The van der Waals surface area contributed by atoms with Gasteiger partial charge in [-0.1, -0.05) is 38.0 Å². The average Bonchev–Trinajstić information content (AvgIpc) is 2.80. The molecule has 2 aliphatic heterocycles. The zero-order chi connectivity index (χ0) is 23.5. The van der Waals surface area contributed by atoms with Gasteiger partial charge in [-0.05, 0) is 68.5 Å². The normalized spacial score (nSPS) is 19.7. The maximum atomic E-state index is 12.6. The second-order valence-electron chi connectivity index (χ2n) is 9.92. The number of aryl methyl sites for hydroxylation is 1. The Bertz CT molecular complexity index is 758. The van der Waals surface area contributed by atoms with E-state index in [1.165, 1.54) is 31.2 Å². The van der Waals surface area contributed by atoms with E-state index in [1.54, 1.807) is 0 Å². The number of benzene rings is 1. The van der Waals surface area contributed by atoms with Crippen molar-refractivity contribution in [3.05, 3.63) is 29.8 Å². The number of unbranched alkanes of at least 4 members (excludes halogenated alkanes) is 1. The predicted octanol–water partition coefficient (Wildman–Crippen LogP) is 4.76. The van der Waals surface area contributed by atoms with Crippen molar-refractivity contribution in [2.45, 2.75) is 77.6 Å². The molecule has 1 N–H and O–H groups in total. The third-order valence-corrected chi connectivity index (χ3v) is 7.39. The molecule has 0 bridgehead atoms. The van der Waals surface area contributed by atoms with Gasteiger partial charge in [0.05, 0.1) is 0 Å². The minimum absolute atomic E-state index is 0.0705. The fourth-order valence-corrected chi connectivity index (χ4v) is 5.34. The third kappa shape index (κ3) is 8.02. The number of nitrogens with zero attached hydrogens (tertiary/aromatic N) is 2. The van der Waals surface area contributed by atoms with Gasteiger partial charge >= 0.3 is 5.97 Å². The number of likely N-dealkylation sites (tertiary alicyclic amines) is 1. The van der Waals surface area contributed by atoms with Gasteiger partial charge in [0, 0.05) is 39.0 Å². The van der Waals surface area contributed by atoms with Gasteiger partial charge in [0.1, 0.15) is 12.4 Å². The van der Waals surface area contributed by atoms with Crippen LogP contribution in [0.5, 0.6) is 5.75 Å². The molecule has 1 aromatic rings. The van der Waals surface area contributed by atoms with Gasteiger partial charge in [0.15, 0.2) is 0 Å². The lowest BCUT2D eigenvalue weighted by atomic mass is 9.73. The summed E-state index contributed by atoms with van der Waals surface area (Å²) in [4.78, 5) is 27.9. The fraction of sp³-hybridized carbons (Fsp3) is 0.704. The summed E-state index contributed by atoms with van der Waals surface area (Å²) in [6.07, 6.45) is 9.93. The Morgan fingerprint density at radius 3 is 2.58 bits per heavy atom. The summed E-state index contributed by atoms with van der Waals surface area (Å²) in [5.41, 5.74) is 1.57. The van der Waals surface area contributed by atoms with E-state index < -0.39 is 5.97 Å². The van der Waals surface area contributed by atoms with Crippen molar-refractivity contribution < 1.29 is 19.4 Å². The minimum atomic E-state index is -0.826. The van der Waals surface area contributed by atoms with Crippen molar-refractivity contribution in [3.8, 4) is 5.75 Å². The molecule has 184 valence electrons. The van der Waals surface area contributed by atoms with Crippen LogP contribution < -0.4 is 4.74 Å². The minimum Gasteiger partial charge on any atom is -0.492 e. The maximum absolute atomic E-state index is 12.6. The predicted molar refractivity (Wildman–Crippen MR) is 131 cm³/mol. The van der Waals surface area contributed by atoms with Crippen LogP contribution in [0, 0.1) is 5.41 Å². The molecule has 0 radical (unpaired) electrons. The summed E-state index contributed by atoms with van der Waals surface area (Å²) >= 11 is 0. The molecule has 1 amide bonds. The fourth-order valence-electron chi connectivity index (χ4n) is 5.34. The summed E-state index contributed by atoms with van der Waals surface area (Å²) in [5.74, 6) is 0.331. The quantitative estimate of drug-likeness (QED) is 0.638. The van der Waals surface area contributed by atoms with E-state index in [0.29, 0.717) is 19.4 Å². The first-order chi connectivity index (χ1) is 16.0. The smallest absolute Gasteiger partial charge is 0.303 e. The van der Waals surface area contributed by atoms with Crippen molar-refractivity contribution in [2.75, 3.05) is 39.3 Å². The van der Waals surface area contributed by atoms with Gasteiger partial charge in [-0.15, -0.1) is 0 Å². The van der Waals surface area contributed by atoms with Crippen LogP contribution in [-0.4, -0.2) is 66.1 Å². The molecule has 33 heavy (non-hydrogen) atoms. The van der Waals surface area contributed by atoms with Gasteiger partial charge in [0.25, 0.3) is 0 Å². The van der Waals surface area contributed by atoms with Gasteiger partial charge in [-0.2, -0.15) is 0 Å². The van der Waals surface area contributed by atoms with E-state index in [1.807, 2.05) is 4.90 Å². The lowest BCUT2D eigenvalue weighted by Crippen LogP contribution is -2.48. The summed E-state index contributed by atoms with van der Waals surface area (Å²) in [6.45, 7) is 7.67. The van der Waals surface area contributed by atoms with Crippen molar-refractivity contribution in [1.29, 1.82) is 0 Å². The van der Waals surface area contributed by atoms with Crippen LogP contribution in [-0.2, 0) is 16.0 Å². The first-order valence-corrected chi connectivity index (χ1v) is 12.9. The van der Waals surface area contributed by atoms with Crippen LogP contribution in [0.3, 0.4) is 0 Å². The maximum Gasteiger partial charge on any atom is 0.303 e. The number of carbonyl (C=O) groups excluding carboxylic acids is 1. The highest BCUT2D eigenvalue weighted by molar-refractivity contribution is 5.77. The Hall–Kier alpha value is -2.08. The number of fused-ring (bicyclic) bond motifs is 1. The van der Waals surface area contributed by atoms with Gasteiger partial charge in [-0.3, -0.25) is 14.5 Å². The molecular formula is C27H42N2O4. The monoisotopic (exact) mass is 458 g/mol. The zero-order valence-corrected chi connectivity index (χ0v) is 20.4. The molecule has 0 atom stereocenters. The molecule has 1 fully saturated rings. The van der Waals surface area contributed by atoms with Crippen LogP contribution in [0.2, 0.25) is 0 Å². The molecular weight excluding hydrogens is 416 g/mol. The largest absolute Gasteiger partial charge is 0.492 e. The van der Waals surface area contributed by atoms with Gasteiger partial charge in [-0.25, -0.2) is 0 Å². The van der Waals surface area contributed by atoms with Crippen LogP contribution in [0.1, 0.15) is 76.7 Å². The highest BCUT2D eigenvalue weighted by atomic mass is 16.5. The van der Waals surface area contributed by atoms with E-state index in [4.69, 9.17) is 9.84 Å². The number of aliphatic carboxylic acids is 1. The van der Waals surface area contributed by atoms with Crippen LogP contribution in [0.25, 0.3) is 0 Å². The molecule has 0 aliphatic carbocycles. The highest BCUT2D eigenvalue weighted by Gasteiger charge is 2.37. The highest BCUT2D eigenvalue weighted by Crippen LogP contribution is 2.38. The summed E-state index contributed by atoms with van der Waals surface area (Å²) in [6, 6.07) is 8.46. The SMILES string of the molecule is CCCCN1CCOc2ccccc2CCCCC2(CCN(C(=O)CCCC(=O)O)CC2)C1. The van der Waals surface area contributed by atoms with Crippen LogP contribution in [0.15, 0.2) is 24.3 Å². The third-order valence-electron chi connectivity index (χ3n) is 7.39. The molecule has 2 heterocycles. The first-order valence-electron chi connectivity index (χ1n) is 12.9. The summed E-state index contributed by atoms with van der Waals surface area (Å²) in [7, 11) is 0. The molecule has 3 rings (SSSR count). The number of piperidine rings is 1. The average molecular weight is 459 g/mol. The number of hydrogen-bond donors (Lipinski definition) is 1. The first kappa shape index (κ1) is 25.5. The molecule has 0 aromatic heterocycles. The Morgan fingerprint density at radius 2 is 1.82 bits per heavy atom. The number of ether oxygens (including phenoxy) is 1. The molecule has 1 spiro atoms. The van der Waals surface area contributed by atoms with E-state index in [9.17, 15) is 9.59 Å². The lowest BCUT2D eigenvalue weighted by Gasteiger charge is -2.45. The molecule has 2 aliphatic rings. The van der Waals surface area contributed by atoms with E-state index in [-0.39, 0.29) is 17.7 Å². The van der Waals surface area contributed by atoms with E-state index >= 15 is 0 Å². The Kier molecular flexibility index (Phi) is 10.0. The van der Waals surface area contributed by atoms with Crippen molar-refractivity contribution in [3.63, 3.8) is 0 Å². The summed E-state index contributed by atoms with van der Waals surface area (Å²) < 4.78 is 6.21. The number of rotatable bonds is 7. The molecule has 1 saturated heterocycles. The number of carboxylic acids is 1. The zero-order valence-electron chi connectivity index (χ0n) is 20.4. The standard InChI is InChI=1S/C27H42N2O4/c1-2-3-17-28-20-21-33-24-11-5-4-9-23(24)10-6-7-14-27(22-28)15-18-29(19-16-27)25(30)12-8-13-26(31)32/h4-5,9,11H,2-3,6-8,10,12-22H2,1H3,(H,31,32). The number of para-hydroxylation sites is 1. The van der Waals surface area contributed by atoms with Crippen molar-refractivity contribution in [1.82, 2.24) is 9.80 Å². The Morgan fingerprint density at radius 1 is 1.03 bits per heavy atom. The van der Waals surface area contributed by atoms with E-state index in [2.05, 4.69) is 36.1 Å². The van der Waals surface area contributed by atoms with Crippen molar-refractivity contribution in [2.24, 2.45) is 5.41 Å². The topological polar surface area (TPSA) is 70.1 Å². The molecule has 0 saturated carbocycles. The molecule has 6 heteroatoms. The van der Waals surface area contributed by atoms with E-state index in [0.717, 1.165) is 64.2 Å². The number of carbonyl (C=O) groups is 2. The number of hydrogen-bond acceptors (Lipinski definition) is 4. The lowest BCUT2D eigenvalue weighted by molar-refractivity contribution is -0.137. The summed E-state index contributed by atoms with van der Waals surface area (Å²) in [5, 5.41) is 8.84. The van der Waals surface area contributed by atoms with Crippen LogP contribution in [0.4, 0.5) is 0 Å². The van der Waals surface area contributed by atoms with Gasteiger partial charge in [0.2, 0.25) is 5.91 Å². The number of amides is 1. The van der Waals surface area contributed by atoms with Crippen molar-refractivity contribution >= 4 is 11.9 Å². The number of carboxylic acid groups (broad SMARTS) is 1.